The molecule has 0 spiro atoms. The second kappa shape index (κ2) is 5.66. The first-order valence-corrected chi connectivity index (χ1v) is 5.97. The van der Waals surface area contributed by atoms with Gasteiger partial charge in [0.2, 0.25) is 0 Å². The Labute approximate surface area is 93.7 Å². The lowest BCUT2D eigenvalue weighted by Crippen LogP contribution is -2.41. The number of ether oxygens (including phenoxy) is 2. The van der Waals surface area contributed by atoms with Crippen molar-refractivity contribution in [1.82, 2.24) is 0 Å². The number of rotatable bonds is 4. The molecule has 0 aromatic carbocycles. The number of hydrogen-bond acceptors (Lipinski definition) is 2. The predicted molar refractivity (Wildman–Crippen MR) is 62.7 cm³/mol. The molecule has 1 heterocycles. The molecule has 1 aliphatic heterocycles. The highest BCUT2D eigenvalue weighted by Crippen LogP contribution is 2.31. The van der Waals surface area contributed by atoms with Gasteiger partial charge in [0.05, 0.1) is 13.2 Å². The fraction of sp³-hybridized carbons (Fsp3) is 0.846. The lowest BCUT2D eigenvalue weighted by molar-refractivity contribution is -0.239. The van der Waals surface area contributed by atoms with Crippen LogP contribution >= 0.6 is 0 Å². The van der Waals surface area contributed by atoms with Gasteiger partial charge in [0.1, 0.15) is 0 Å². The summed E-state index contributed by atoms with van der Waals surface area (Å²) < 4.78 is 11.6. The van der Waals surface area contributed by atoms with E-state index in [1.807, 2.05) is 6.92 Å². The van der Waals surface area contributed by atoms with Crippen LogP contribution in [0.1, 0.15) is 40.5 Å². The van der Waals surface area contributed by atoms with Gasteiger partial charge in [0.15, 0.2) is 6.29 Å². The van der Waals surface area contributed by atoms with Crippen LogP contribution in [0.5, 0.6) is 0 Å². The van der Waals surface area contributed by atoms with Crippen molar-refractivity contribution in [3.63, 3.8) is 0 Å². The third-order valence-electron chi connectivity index (χ3n) is 2.97. The summed E-state index contributed by atoms with van der Waals surface area (Å²) >= 11 is 0. The van der Waals surface area contributed by atoms with E-state index in [0.717, 1.165) is 13.2 Å². The highest BCUT2D eigenvalue weighted by atomic mass is 16.7. The third kappa shape index (κ3) is 3.62. The first-order chi connectivity index (χ1) is 7.11. The first-order valence-electron chi connectivity index (χ1n) is 5.97. The number of hydrogen-bond donors (Lipinski definition) is 0. The van der Waals surface area contributed by atoms with Gasteiger partial charge in [0, 0.05) is 11.3 Å². The van der Waals surface area contributed by atoms with Crippen LogP contribution in [0.3, 0.4) is 0 Å². The molecule has 1 saturated heterocycles. The molecule has 1 fully saturated rings. The highest BCUT2D eigenvalue weighted by molar-refractivity contribution is 4.87. The zero-order valence-electron chi connectivity index (χ0n) is 10.5. The Morgan fingerprint density at radius 2 is 2.00 bits per heavy atom. The molecule has 0 aromatic rings. The zero-order valence-corrected chi connectivity index (χ0v) is 10.5. The van der Waals surface area contributed by atoms with Gasteiger partial charge in [-0.15, -0.1) is 0 Å². The third-order valence-corrected chi connectivity index (χ3v) is 2.97. The maximum absolute atomic E-state index is 5.79. The van der Waals surface area contributed by atoms with Gasteiger partial charge in [-0.3, -0.25) is 0 Å². The van der Waals surface area contributed by atoms with E-state index in [4.69, 9.17) is 9.47 Å². The molecule has 0 aliphatic carbocycles. The first kappa shape index (κ1) is 12.7. The Morgan fingerprint density at radius 3 is 2.47 bits per heavy atom. The van der Waals surface area contributed by atoms with Crippen molar-refractivity contribution in [1.29, 1.82) is 0 Å². The fourth-order valence-corrected chi connectivity index (χ4v) is 2.10. The molecule has 0 aromatic heterocycles. The fourth-order valence-electron chi connectivity index (χ4n) is 2.10. The van der Waals surface area contributed by atoms with Crippen LogP contribution in [0.15, 0.2) is 12.2 Å². The Balaban J connectivity index is 2.41. The summed E-state index contributed by atoms with van der Waals surface area (Å²) in [6.45, 7) is 10.3. The minimum absolute atomic E-state index is 0.0499. The van der Waals surface area contributed by atoms with Gasteiger partial charge in [-0.25, -0.2) is 0 Å². The number of allylic oxidation sites excluding steroid dienone is 1. The van der Waals surface area contributed by atoms with Crippen LogP contribution in [0.2, 0.25) is 0 Å². The maximum Gasteiger partial charge on any atom is 0.163 e. The largest absolute Gasteiger partial charge is 0.351 e. The average molecular weight is 212 g/mol. The summed E-state index contributed by atoms with van der Waals surface area (Å²) in [6, 6.07) is 0. The Hall–Kier alpha value is -0.340. The molecule has 0 radical (unpaired) electrons. The van der Waals surface area contributed by atoms with E-state index in [2.05, 4.69) is 32.9 Å². The molecule has 0 N–H and O–H groups in total. The topological polar surface area (TPSA) is 18.5 Å². The molecule has 88 valence electrons. The molecular formula is C13H24O2. The minimum Gasteiger partial charge on any atom is -0.351 e. The van der Waals surface area contributed by atoms with Gasteiger partial charge in [-0.05, 0) is 13.3 Å². The quantitative estimate of drug-likeness (QED) is 0.665. The monoisotopic (exact) mass is 212 g/mol. The summed E-state index contributed by atoms with van der Waals surface area (Å²) in [5, 5.41) is 0. The van der Waals surface area contributed by atoms with Crippen LogP contribution < -0.4 is 0 Å². The van der Waals surface area contributed by atoms with Crippen molar-refractivity contribution in [3.8, 4) is 0 Å². The lowest BCUT2D eigenvalue weighted by atomic mass is 9.87. The van der Waals surface area contributed by atoms with E-state index in [1.54, 1.807) is 0 Å². The minimum atomic E-state index is -0.0499. The van der Waals surface area contributed by atoms with E-state index >= 15 is 0 Å². The summed E-state index contributed by atoms with van der Waals surface area (Å²) in [5.74, 6) is 0.348. The summed E-state index contributed by atoms with van der Waals surface area (Å²) in [6.07, 6.45) is 6.51. The lowest BCUT2D eigenvalue weighted by Gasteiger charge is -2.38. The van der Waals surface area contributed by atoms with Gasteiger partial charge >= 0.3 is 0 Å². The van der Waals surface area contributed by atoms with Crippen molar-refractivity contribution < 1.29 is 9.47 Å². The Morgan fingerprint density at radius 1 is 1.40 bits per heavy atom. The van der Waals surface area contributed by atoms with Gasteiger partial charge < -0.3 is 9.47 Å². The zero-order chi connectivity index (χ0) is 11.3. The normalized spacial score (nSPS) is 34.5. The van der Waals surface area contributed by atoms with Crippen LogP contribution in [0.4, 0.5) is 0 Å². The van der Waals surface area contributed by atoms with Gasteiger partial charge in [-0.1, -0.05) is 39.3 Å². The van der Waals surface area contributed by atoms with Crippen LogP contribution in [-0.4, -0.2) is 19.5 Å². The molecule has 1 atom stereocenters. The molecule has 15 heavy (non-hydrogen) atoms. The van der Waals surface area contributed by atoms with Crippen LogP contribution in [-0.2, 0) is 9.47 Å². The molecule has 0 amide bonds. The SMILES string of the molecule is CC=CC(C)C1OCC(C)(CCC)CO1. The van der Waals surface area contributed by atoms with Crippen molar-refractivity contribution in [3.05, 3.63) is 12.2 Å². The molecule has 2 heteroatoms. The standard InChI is InChI=1S/C13H24O2/c1-5-7-11(3)12-14-9-13(4,8-6-2)10-15-12/h5,7,11-12H,6,8-10H2,1-4H3. The molecular weight excluding hydrogens is 188 g/mol. The van der Waals surface area contributed by atoms with E-state index in [9.17, 15) is 0 Å². The molecule has 1 unspecified atom stereocenters. The van der Waals surface area contributed by atoms with Crippen molar-refractivity contribution in [2.45, 2.75) is 46.8 Å². The Bertz CT molecular complexity index is 203. The van der Waals surface area contributed by atoms with Crippen molar-refractivity contribution in [2.24, 2.45) is 11.3 Å². The molecule has 1 aliphatic rings. The summed E-state index contributed by atoms with van der Waals surface area (Å²) in [5.41, 5.74) is 0.223. The van der Waals surface area contributed by atoms with Gasteiger partial charge in [0.25, 0.3) is 0 Å². The molecule has 1 rings (SSSR count). The average Bonchev–Trinajstić information content (AvgIpc) is 2.19. The molecule has 2 nitrogen and oxygen atoms in total. The van der Waals surface area contributed by atoms with Crippen molar-refractivity contribution >= 4 is 0 Å². The van der Waals surface area contributed by atoms with Crippen LogP contribution in [0.25, 0.3) is 0 Å². The summed E-state index contributed by atoms with van der Waals surface area (Å²) in [4.78, 5) is 0. The van der Waals surface area contributed by atoms with E-state index < -0.39 is 0 Å². The Kier molecular flexibility index (Phi) is 4.81. The second-order valence-corrected chi connectivity index (χ2v) is 4.94. The van der Waals surface area contributed by atoms with E-state index in [0.29, 0.717) is 5.92 Å². The van der Waals surface area contributed by atoms with Crippen molar-refractivity contribution in [2.75, 3.05) is 13.2 Å². The smallest absolute Gasteiger partial charge is 0.163 e. The van der Waals surface area contributed by atoms with Gasteiger partial charge in [-0.2, -0.15) is 0 Å². The molecule has 0 saturated carbocycles. The highest BCUT2D eigenvalue weighted by Gasteiger charge is 2.33. The summed E-state index contributed by atoms with van der Waals surface area (Å²) in [7, 11) is 0. The maximum atomic E-state index is 5.79. The van der Waals surface area contributed by atoms with E-state index in [1.165, 1.54) is 12.8 Å². The predicted octanol–water partition coefficient (Wildman–Crippen LogP) is 3.38. The van der Waals surface area contributed by atoms with Crippen LogP contribution in [0, 0.1) is 11.3 Å². The second-order valence-electron chi connectivity index (χ2n) is 4.94. The molecule has 0 bridgehead atoms. The van der Waals surface area contributed by atoms with E-state index in [-0.39, 0.29) is 11.7 Å².